The average Bonchev–Trinajstić information content (AvgIpc) is 3.20. The Bertz CT molecular complexity index is 714. The molecule has 2 aromatic rings. The fraction of sp³-hybridized carbons (Fsp3) is 0.375. The van der Waals surface area contributed by atoms with Crippen molar-refractivity contribution in [3.63, 3.8) is 0 Å². The number of carbonyl (C=O) groups is 1. The predicted octanol–water partition coefficient (Wildman–Crippen LogP) is 2.22. The smallest absolute Gasteiger partial charge is 0.263 e. The van der Waals surface area contributed by atoms with Gasteiger partial charge in [-0.1, -0.05) is 0 Å². The molecule has 0 spiro atoms. The summed E-state index contributed by atoms with van der Waals surface area (Å²) in [6.07, 6.45) is 2.55. The Balaban J connectivity index is 1.54. The van der Waals surface area contributed by atoms with Crippen LogP contribution < -0.4 is 10.1 Å². The van der Waals surface area contributed by atoms with Crippen molar-refractivity contribution < 1.29 is 23.0 Å². The third-order valence-electron chi connectivity index (χ3n) is 3.69. The number of hydrogen-bond acceptors (Lipinski definition) is 4. The highest BCUT2D eigenvalue weighted by atomic mass is 19.1. The van der Waals surface area contributed by atoms with Crippen LogP contribution >= 0.6 is 0 Å². The fourth-order valence-corrected chi connectivity index (χ4v) is 2.47. The molecule has 0 unspecified atom stereocenters. The van der Waals surface area contributed by atoms with Gasteiger partial charge in [0, 0.05) is 31.2 Å². The summed E-state index contributed by atoms with van der Waals surface area (Å²) in [4.78, 5) is 12.0. The third kappa shape index (κ3) is 4.08. The van der Waals surface area contributed by atoms with E-state index in [1.165, 1.54) is 0 Å². The summed E-state index contributed by atoms with van der Waals surface area (Å²) in [5, 5.41) is 6.84. The Hall–Kier alpha value is -2.48. The van der Waals surface area contributed by atoms with Gasteiger partial charge in [0.2, 0.25) is 0 Å². The number of aromatic nitrogens is 2. The molecule has 1 aliphatic heterocycles. The van der Waals surface area contributed by atoms with Gasteiger partial charge >= 0.3 is 0 Å². The molecule has 128 valence electrons. The minimum atomic E-state index is -0.853. The Morgan fingerprint density at radius 1 is 1.42 bits per heavy atom. The summed E-state index contributed by atoms with van der Waals surface area (Å²) >= 11 is 0. The monoisotopic (exact) mass is 337 g/mol. The topological polar surface area (TPSA) is 65.4 Å². The lowest BCUT2D eigenvalue weighted by atomic mass is 10.1. The van der Waals surface area contributed by atoms with Gasteiger partial charge in [-0.25, -0.2) is 13.5 Å². The molecule has 6 nitrogen and oxygen atoms in total. The van der Waals surface area contributed by atoms with Gasteiger partial charge in [-0.2, -0.15) is 5.10 Å². The van der Waals surface area contributed by atoms with Crippen molar-refractivity contribution in [1.29, 1.82) is 0 Å². The van der Waals surface area contributed by atoms with Crippen LogP contribution in [0.2, 0.25) is 0 Å². The highest BCUT2D eigenvalue weighted by Crippen LogP contribution is 2.19. The standard InChI is InChI=1S/C16H17F2N3O3/c17-12-1-2-14(13(18)7-12)24-10-16(22)20-15-3-5-19-21(15)8-11-4-6-23-9-11/h1-3,5,7,11H,4,6,8-10H2,(H,20,22)/t11-/m0/s1. The number of carbonyl (C=O) groups excluding carboxylic acids is 1. The van der Waals surface area contributed by atoms with Crippen LogP contribution in [0.5, 0.6) is 5.75 Å². The quantitative estimate of drug-likeness (QED) is 0.878. The zero-order valence-corrected chi connectivity index (χ0v) is 12.9. The molecule has 24 heavy (non-hydrogen) atoms. The maximum atomic E-state index is 13.4. The van der Waals surface area contributed by atoms with Gasteiger partial charge in [-0.15, -0.1) is 0 Å². The molecule has 0 radical (unpaired) electrons. The number of anilines is 1. The predicted molar refractivity (Wildman–Crippen MR) is 81.6 cm³/mol. The lowest BCUT2D eigenvalue weighted by Gasteiger charge is -2.12. The summed E-state index contributed by atoms with van der Waals surface area (Å²) in [5.41, 5.74) is 0. The van der Waals surface area contributed by atoms with Crippen molar-refractivity contribution in [3.8, 4) is 5.75 Å². The van der Waals surface area contributed by atoms with E-state index in [0.717, 1.165) is 25.2 Å². The highest BCUT2D eigenvalue weighted by Gasteiger charge is 2.18. The summed E-state index contributed by atoms with van der Waals surface area (Å²) < 4.78 is 38.3. The minimum Gasteiger partial charge on any atom is -0.481 e. The molecule has 1 saturated heterocycles. The van der Waals surface area contributed by atoms with Gasteiger partial charge in [0.1, 0.15) is 11.6 Å². The van der Waals surface area contributed by atoms with Crippen LogP contribution in [0.3, 0.4) is 0 Å². The van der Waals surface area contributed by atoms with E-state index in [2.05, 4.69) is 10.4 Å². The first-order chi connectivity index (χ1) is 11.6. The van der Waals surface area contributed by atoms with Crippen molar-refractivity contribution in [3.05, 3.63) is 42.1 Å². The fourth-order valence-electron chi connectivity index (χ4n) is 2.47. The van der Waals surface area contributed by atoms with E-state index in [1.807, 2.05) is 0 Å². The second-order valence-corrected chi connectivity index (χ2v) is 5.54. The third-order valence-corrected chi connectivity index (χ3v) is 3.69. The average molecular weight is 337 g/mol. The summed E-state index contributed by atoms with van der Waals surface area (Å²) in [6.45, 7) is 1.68. The van der Waals surface area contributed by atoms with Gasteiger partial charge in [-0.05, 0) is 18.6 Å². The Kier molecular flexibility index (Phi) is 5.05. The maximum absolute atomic E-state index is 13.4. The second-order valence-electron chi connectivity index (χ2n) is 5.54. The number of hydrogen-bond donors (Lipinski definition) is 1. The van der Waals surface area contributed by atoms with E-state index in [9.17, 15) is 13.6 Å². The lowest BCUT2D eigenvalue weighted by molar-refractivity contribution is -0.118. The van der Waals surface area contributed by atoms with Gasteiger partial charge in [-0.3, -0.25) is 4.79 Å². The van der Waals surface area contributed by atoms with Crippen molar-refractivity contribution in [1.82, 2.24) is 9.78 Å². The first-order valence-electron chi connectivity index (χ1n) is 7.59. The number of benzene rings is 1. The summed E-state index contributed by atoms with van der Waals surface area (Å²) in [7, 11) is 0. The SMILES string of the molecule is O=C(COc1ccc(F)cc1F)Nc1ccnn1C[C@@H]1CCOC1. The number of nitrogens with one attached hydrogen (secondary N) is 1. The Labute approximate surface area is 137 Å². The van der Waals surface area contributed by atoms with Crippen LogP contribution in [0.4, 0.5) is 14.6 Å². The molecule has 1 aliphatic rings. The molecule has 2 heterocycles. The highest BCUT2D eigenvalue weighted by molar-refractivity contribution is 5.91. The summed E-state index contributed by atoms with van der Waals surface area (Å²) in [5.74, 6) is -1.29. The minimum absolute atomic E-state index is 0.178. The number of nitrogens with zero attached hydrogens (tertiary/aromatic N) is 2. The molecule has 1 N–H and O–H groups in total. The van der Waals surface area contributed by atoms with Crippen molar-refractivity contribution in [2.45, 2.75) is 13.0 Å². The molecule has 1 amide bonds. The van der Waals surface area contributed by atoms with E-state index in [-0.39, 0.29) is 12.4 Å². The van der Waals surface area contributed by atoms with E-state index >= 15 is 0 Å². The molecular formula is C16H17F2N3O3. The number of amides is 1. The van der Waals surface area contributed by atoms with Crippen LogP contribution in [0.1, 0.15) is 6.42 Å². The zero-order valence-electron chi connectivity index (χ0n) is 12.9. The molecular weight excluding hydrogens is 320 g/mol. The lowest BCUT2D eigenvalue weighted by Crippen LogP contribution is -2.23. The molecule has 1 atom stereocenters. The molecule has 0 bridgehead atoms. The van der Waals surface area contributed by atoms with E-state index < -0.39 is 17.5 Å². The first-order valence-corrected chi connectivity index (χ1v) is 7.59. The van der Waals surface area contributed by atoms with E-state index in [4.69, 9.17) is 9.47 Å². The number of ether oxygens (including phenoxy) is 2. The van der Waals surface area contributed by atoms with Gasteiger partial charge in [0.15, 0.2) is 18.2 Å². The number of halogens is 2. The normalized spacial score (nSPS) is 17.0. The summed E-state index contributed by atoms with van der Waals surface area (Å²) in [6, 6.07) is 4.58. The van der Waals surface area contributed by atoms with Gasteiger partial charge in [0.05, 0.1) is 12.8 Å². The van der Waals surface area contributed by atoms with Crippen LogP contribution in [0.25, 0.3) is 0 Å². The van der Waals surface area contributed by atoms with Crippen LogP contribution in [0, 0.1) is 17.6 Å². The van der Waals surface area contributed by atoms with E-state index in [1.54, 1.807) is 16.9 Å². The van der Waals surface area contributed by atoms with Crippen LogP contribution in [0.15, 0.2) is 30.5 Å². The molecule has 8 heteroatoms. The number of rotatable bonds is 6. The molecule has 1 fully saturated rings. The maximum Gasteiger partial charge on any atom is 0.263 e. The first kappa shape index (κ1) is 16.4. The Morgan fingerprint density at radius 2 is 2.29 bits per heavy atom. The Morgan fingerprint density at radius 3 is 3.04 bits per heavy atom. The molecule has 0 aliphatic carbocycles. The van der Waals surface area contributed by atoms with Crippen LogP contribution in [-0.4, -0.2) is 35.5 Å². The zero-order chi connectivity index (χ0) is 16.9. The largest absolute Gasteiger partial charge is 0.481 e. The van der Waals surface area contributed by atoms with Gasteiger partial charge < -0.3 is 14.8 Å². The van der Waals surface area contributed by atoms with E-state index in [0.29, 0.717) is 31.0 Å². The molecule has 1 aromatic heterocycles. The molecule has 3 rings (SSSR count). The van der Waals surface area contributed by atoms with Crippen molar-refractivity contribution in [2.24, 2.45) is 5.92 Å². The molecule has 1 aromatic carbocycles. The van der Waals surface area contributed by atoms with Crippen molar-refractivity contribution in [2.75, 3.05) is 25.1 Å². The van der Waals surface area contributed by atoms with Crippen molar-refractivity contribution >= 4 is 11.7 Å². The second kappa shape index (κ2) is 7.39. The van der Waals surface area contributed by atoms with Gasteiger partial charge in [0.25, 0.3) is 5.91 Å². The molecule has 0 saturated carbocycles. The van der Waals surface area contributed by atoms with Crippen LogP contribution in [-0.2, 0) is 16.1 Å².